The highest BCUT2D eigenvalue weighted by molar-refractivity contribution is 7.99. The summed E-state index contributed by atoms with van der Waals surface area (Å²) in [5, 5.41) is 12.3. The SMILES string of the molecule is O=C(O)c1cccc(OCCNC2CCCSC2)c1. The molecule has 1 aliphatic rings. The summed E-state index contributed by atoms with van der Waals surface area (Å²) in [4.78, 5) is 10.8. The van der Waals surface area contributed by atoms with Crippen LogP contribution in [0.3, 0.4) is 0 Å². The number of carbonyl (C=O) groups is 1. The van der Waals surface area contributed by atoms with Gasteiger partial charge >= 0.3 is 5.97 Å². The van der Waals surface area contributed by atoms with Gasteiger partial charge in [-0.15, -0.1) is 0 Å². The van der Waals surface area contributed by atoms with Crippen LogP contribution in [0.1, 0.15) is 23.2 Å². The zero-order valence-electron chi connectivity index (χ0n) is 10.8. The standard InChI is InChI=1S/C14H19NO3S/c16-14(17)11-3-1-5-13(9-11)18-7-6-15-12-4-2-8-19-10-12/h1,3,5,9,12,15H,2,4,6-8,10H2,(H,16,17). The normalized spacial score (nSPS) is 19.1. The summed E-state index contributed by atoms with van der Waals surface area (Å²) in [5.41, 5.74) is 0.258. The van der Waals surface area contributed by atoms with Crippen LogP contribution in [0.5, 0.6) is 5.75 Å². The molecule has 0 amide bonds. The van der Waals surface area contributed by atoms with Gasteiger partial charge in [0.15, 0.2) is 0 Å². The molecular formula is C14H19NO3S. The number of carboxylic acid groups (broad SMARTS) is 1. The number of benzene rings is 1. The fourth-order valence-corrected chi connectivity index (χ4v) is 3.16. The minimum atomic E-state index is -0.928. The maximum absolute atomic E-state index is 10.8. The zero-order valence-corrected chi connectivity index (χ0v) is 11.6. The highest BCUT2D eigenvalue weighted by Gasteiger charge is 2.12. The molecule has 2 rings (SSSR count). The smallest absolute Gasteiger partial charge is 0.335 e. The monoisotopic (exact) mass is 281 g/mol. The van der Waals surface area contributed by atoms with Crippen molar-refractivity contribution in [3.05, 3.63) is 29.8 Å². The van der Waals surface area contributed by atoms with Crippen LogP contribution in [0.4, 0.5) is 0 Å². The van der Waals surface area contributed by atoms with Crippen LogP contribution >= 0.6 is 11.8 Å². The van der Waals surface area contributed by atoms with Gasteiger partial charge in [0, 0.05) is 18.3 Å². The Morgan fingerprint density at radius 2 is 2.42 bits per heavy atom. The topological polar surface area (TPSA) is 58.6 Å². The third-order valence-electron chi connectivity index (χ3n) is 3.05. The van der Waals surface area contributed by atoms with Crippen molar-refractivity contribution < 1.29 is 14.6 Å². The molecule has 104 valence electrons. The summed E-state index contributed by atoms with van der Waals surface area (Å²) in [6, 6.07) is 7.19. The Morgan fingerprint density at radius 3 is 3.16 bits per heavy atom. The Hall–Kier alpha value is -1.20. The first-order chi connectivity index (χ1) is 9.25. The molecule has 1 aromatic carbocycles. The van der Waals surface area contributed by atoms with Crippen molar-refractivity contribution in [1.82, 2.24) is 5.32 Å². The van der Waals surface area contributed by atoms with E-state index in [0.717, 1.165) is 6.54 Å². The predicted molar refractivity (Wildman–Crippen MR) is 77.2 cm³/mol. The number of thioether (sulfide) groups is 1. The van der Waals surface area contributed by atoms with E-state index in [4.69, 9.17) is 9.84 Å². The molecule has 1 fully saturated rings. The van der Waals surface area contributed by atoms with Crippen molar-refractivity contribution >= 4 is 17.7 Å². The molecule has 1 atom stereocenters. The minimum absolute atomic E-state index is 0.258. The summed E-state index contributed by atoms with van der Waals surface area (Å²) in [5.74, 6) is 2.13. The fraction of sp³-hybridized carbons (Fsp3) is 0.500. The Balaban J connectivity index is 1.70. The number of ether oxygens (including phenoxy) is 1. The molecule has 1 saturated heterocycles. The van der Waals surface area contributed by atoms with Crippen LogP contribution in [0.15, 0.2) is 24.3 Å². The summed E-state index contributed by atoms with van der Waals surface area (Å²) >= 11 is 1.99. The number of aromatic carboxylic acids is 1. The van der Waals surface area contributed by atoms with Gasteiger partial charge in [0.2, 0.25) is 0 Å². The van der Waals surface area contributed by atoms with Crippen molar-refractivity contribution in [1.29, 1.82) is 0 Å². The molecule has 1 aromatic rings. The van der Waals surface area contributed by atoms with E-state index in [1.807, 2.05) is 11.8 Å². The number of carboxylic acids is 1. The molecule has 0 radical (unpaired) electrons. The summed E-state index contributed by atoms with van der Waals surface area (Å²) in [7, 11) is 0. The van der Waals surface area contributed by atoms with Gasteiger partial charge in [-0.25, -0.2) is 4.79 Å². The van der Waals surface area contributed by atoms with Crippen molar-refractivity contribution in [3.8, 4) is 5.75 Å². The lowest BCUT2D eigenvalue weighted by Gasteiger charge is -2.22. The summed E-state index contributed by atoms with van der Waals surface area (Å²) in [6.45, 7) is 1.35. The maximum atomic E-state index is 10.8. The van der Waals surface area contributed by atoms with E-state index in [1.54, 1.807) is 24.3 Å². The van der Waals surface area contributed by atoms with Crippen LogP contribution in [-0.2, 0) is 0 Å². The van der Waals surface area contributed by atoms with E-state index >= 15 is 0 Å². The first kappa shape index (κ1) is 14.2. The fourth-order valence-electron chi connectivity index (χ4n) is 2.05. The minimum Gasteiger partial charge on any atom is -0.492 e. The Kier molecular flexibility index (Phi) is 5.54. The number of hydrogen-bond donors (Lipinski definition) is 2. The largest absolute Gasteiger partial charge is 0.492 e. The number of rotatable bonds is 6. The van der Waals surface area contributed by atoms with E-state index < -0.39 is 5.97 Å². The molecule has 0 saturated carbocycles. The lowest BCUT2D eigenvalue weighted by Crippen LogP contribution is -2.36. The van der Waals surface area contributed by atoms with E-state index in [2.05, 4.69) is 5.32 Å². The molecule has 0 spiro atoms. The third kappa shape index (κ3) is 4.76. The quantitative estimate of drug-likeness (QED) is 0.783. The van der Waals surface area contributed by atoms with Gasteiger partial charge in [0.1, 0.15) is 12.4 Å². The third-order valence-corrected chi connectivity index (χ3v) is 4.26. The lowest BCUT2D eigenvalue weighted by atomic mass is 10.2. The molecule has 1 unspecified atom stereocenters. The summed E-state index contributed by atoms with van der Waals surface area (Å²) in [6.07, 6.45) is 2.52. The highest BCUT2D eigenvalue weighted by Crippen LogP contribution is 2.17. The number of hydrogen-bond acceptors (Lipinski definition) is 4. The van der Waals surface area contributed by atoms with Gasteiger partial charge in [0.25, 0.3) is 0 Å². The molecule has 4 nitrogen and oxygen atoms in total. The first-order valence-electron chi connectivity index (χ1n) is 6.53. The van der Waals surface area contributed by atoms with Gasteiger partial charge in [-0.1, -0.05) is 6.07 Å². The second-order valence-electron chi connectivity index (χ2n) is 4.55. The van der Waals surface area contributed by atoms with E-state index in [9.17, 15) is 4.79 Å². The van der Waals surface area contributed by atoms with Crippen molar-refractivity contribution in [2.45, 2.75) is 18.9 Å². The molecule has 0 aromatic heterocycles. The second kappa shape index (κ2) is 7.40. The molecule has 19 heavy (non-hydrogen) atoms. The van der Waals surface area contributed by atoms with Crippen molar-refractivity contribution in [3.63, 3.8) is 0 Å². The predicted octanol–water partition coefficient (Wildman–Crippen LogP) is 2.25. The van der Waals surface area contributed by atoms with Crippen LogP contribution in [-0.4, -0.2) is 41.8 Å². The molecule has 1 heterocycles. The zero-order chi connectivity index (χ0) is 13.5. The van der Waals surface area contributed by atoms with E-state index in [-0.39, 0.29) is 5.56 Å². The molecule has 0 bridgehead atoms. The molecule has 2 N–H and O–H groups in total. The Labute approximate surface area is 117 Å². The maximum Gasteiger partial charge on any atom is 0.335 e. The Morgan fingerprint density at radius 1 is 1.53 bits per heavy atom. The van der Waals surface area contributed by atoms with Crippen LogP contribution in [0, 0.1) is 0 Å². The van der Waals surface area contributed by atoms with Gasteiger partial charge in [-0.05, 0) is 36.8 Å². The molecule has 5 heteroatoms. The molecule has 1 aliphatic heterocycles. The van der Waals surface area contributed by atoms with Gasteiger partial charge in [-0.2, -0.15) is 11.8 Å². The van der Waals surface area contributed by atoms with Crippen LogP contribution < -0.4 is 10.1 Å². The second-order valence-corrected chi connectivity index (χ2v) is 5.70. The highest BCUT2D eigenvalue weighted by atomic mass is 32.2. The average Bonchev–Trinajstić information content (AvgIpc) is 2.45. The van der Waals surface area contributed by atoms with Gasteiger partial charge in [-0.3, -0.25) is 0 Å². The van der Waals surface area contributed by atoms with Gasteiger partial charge in [0.05, 0.1) is 5.56 Å². The number of nitrogens with one attached hydrogen (secondary N) is 1. The van der Waals surface area contributed by atoms with Crippen molar-refractivity contribution in [2.75, 3.05) is 24.7 Å². The molecule has 0 aliphatic carbocycles. The van der Waals surface area contributed by atoms with E-state index in [0.29, 0.717) is 18.4 Å². The first-order valence-corrected chi connectivity index (χ1v) is 7.68. The van der Waals surface area contributed by atoms with Crippen LogP contribution in [0.25, 0.3) is 0 Å². The van der Waals surface area contributed by atoms with Crippen LogP contribution in [0.2, 0.25) is 0 Å². The molecular weight excluding hydrogens is 262 g/mol. The summed E-state index contributed by atoms with van der Waals surface area (Å²) < 4.78 is 5.56. The lowest BCUT2D eigenvalue weighted by molar-refractivity contribution is 0.0696. The van der Waals surface area contributed by atoms with Crippen molar-refractivity contribution in [2.24, 2.45) is 0 Å². The Bertz CT molecular complexity index is 419. The van der Waals surface area contributed by atoms with E-state index in [1.165, 1.54) is 24.3 Å². The average molecular weight is 281 g/mol. The van der Waals surface area contributed by atoms with Gasteiger partial charge < -0.3 is 15.2 Å².